The lowest BCUT2D eigenvalue weighted by Gasteiger charge is -2.11. The number of rotatable bonds is 5. The Kier molecular flexibility index (Phi) is 6.38. The maximum absolute atomic E-state index is 11.6. The average molecular weight is 324 g/mol. The number of allylic oxidation sites excluding steroid dienone is 1. The van der Waals surface area contributed by atoms with Crippen molar-refractivity contribution < 1.29 is 19.1 Å². The molecule has 0 fully saturated rings. The van der Waals surface area contributed by atoms with E-state index in [1.165, 1.54) is 31.1 Å². The number of Topliss-reactive ketones (excluding diaryl/α,β-unsaturated/α-hetero) is 1. The van der Waals surface area contributed by atoms with E-state index >= 15 is 0 Å². The minimum absolute atomic E-state index is 0.301. The van der Waals surface area contributed by atoms with Crippen LogP contribution in [0.5, 0.6) is 0 Å². The highest BCUT2D eigenvalue weighted by Gasteiger charge is 2.29. The van der Waals surface area contributed by atoms with E-state index < -0.39 is 23.6 Å². The molecular weight excluding hydrogens is 311 g/mol. The SMILES string of the molecule is COC(=O)C(C)C(=O)C(C)C(=O)/C=C\I. The van der Waals surface area contributed by atoms with Crippen LogP contribution in [0, 0.1) is 11.8 Å². The number of hydrogen-bond acceptors (Lipinski definition) is 4. The Bertz CT molecular complexity index is 296. The number of esters is 1. The molecule has 2 unspecified atom stereocenters. The van der Waals surface area contributed by atoms with Crippen LogP contribution in [0.25, 0.3) is 0 Å². The highest BCUT2D eigenvalue weighted by Crippen LogP contribution is 2.10. The van der Waals surface area contributed by atoms with Crippen LogP contribution in [-0.2, 0) is 19.1 Å². The van der Waals surface area contributed by atoms with Gasteiger partial charge in [0.15, 0.2) is 11.6 Å². The highest BCUT2D eigenvalue weighted by molar-refractivity contribution is 14.1. The van der Waals surface area contributed by atoms with Gasteiger partial charge in [-0.05, 0) is 24.0 Å². The van der Waals surface area contributed by atoms with Crippen molar-refractivity contribution in [2.75, 3.05) is 7.11 Å². The summed E-state index contributed by atoms with van der Waals surface area (Å²) in [6.07, 6.45) is 1.31. The number of ether oxygens (including phenoxy) is 1. The normalized spacial score (nSPS) is 14.7. The van der Waals surface area contributed by atoms with E-state index in [0.29, 0.717) is 0 Å². The number of carbonyl (C=O) groups excluding carboxylic acids is 3. The van der Waals surface area contributed by atoms with Gasteiger partial charge in [-0.25, -0.2) is 0 Å². The lowest BCUT2D eigenvalue weighted by Crippen LogP contribution is -2.30. The van der Waals surface area contributed by atoms with Crippen LogP contribution >= 0.6 is 22.6 Å². The molecule has 0 amide bonds. The first-order chi connectivity index (χ1) is 6.95. The third-order valence-corrected chi connectivity index (χ3v) is 2.42. The number of hydrogen-bond donors (Lipinski definition) is 0. The molecule has 5 heteroatoms. The largest absolute Gasteiger partial charge is 0.468 e. The molecule has 0 saturated carbocycles. The van der Waals surface area contributed by atoms with Crippen LogP contribution in [0.1, 0.15) is 13.8 Å². The van der Waals surface area contributed by atoms with Gasteiger partial charge in [-0.1, -0.05) is 22.6 Å². The maximum atomic E-state index is 11.6. The molecule has 0 aliphatic heterocycles. The Morgan fingerprint density at radius 2 is 1.73 bits per heavy atom. The van der Waals surface area contributed by atoms with Crippen molar-refractivity contribution >= 4 is 40.1 Å². The fraction of sp³-hybridized carbons (Fsp3) is 0.500. The molecule has 0 aromatic heterocycles. The first-order valence-corrected chi connectivity index (χ1v) is 5.62. The maximum Gasteiger partial charge on any atom is 0.315 e. The van der Waals surface area contributed by atoms with E-state index in [1.807, 2.05) is 22.6 Å². The first kappa shape index (κ1) is 14.3. The summed E-state index contributed by atoms with van der Waals surface area (Å²) in [6.45, 7) is 2.92. The number of ketones is 2. The summed E-state index contributed by atoms with van der Waals surface area (Å²) in [6, 6.07) is 0. The van der Waals surface area contributed by atoms with Crippen molar-refractivity contribution in [3.8, 4) is 0 Å². The van der Waals surface area contributed by atoms with Crippen LogP contribution in [0.4, 0.5) is 0 Å². The van der Waals surface area contributed by atoms with Gasteiger partial charge in [0, 0.05) is 0 Å². The second-order valence-corrected chi connectivity index (χ2v) is 3.78. The zero-order valence-corrected chi connectivity index (χ0v) is 11.0. The van der Waals surface area contributed by atoms with Gasteiger partial charge in [-0.15, -0.1) is 0 Å². The second kappa shape index (κ2) is 6.71. The smallest absolute Gasteiger partial charge is 0.315 e. The van der Waals surface area contributed by atoms with Crippen LogP contribution in [0.2, 0.25) is 0 Å². The summed E-state index contributed by atoms with van der Waals surface area (Å²) in [5, 5.41) is 0. The number of methoxy groups -OCH3 is 1. The topological polar surface area (TPSA) is 60.4 Å². The highest BCUT2D eigenvalue weighted by atomic mass is 127. The van der Waals surface area contributed by atoms with Crippen molar-refractivity contribution in [2.24, 2.45) is 11.8 Å². The van der Waals surface area contributed by atoms with Gasteiger partial charge in [-0.2, -0.15) is 0 Å². The lowest BCUT2D eigenvalue weighted by atomic mass is 9.92. The molecule has 0 aromatic carbocycles. The van der Waals surface area contributed by atoms with Crippen molar-refractivity contribution in [3.05, 3.63) is 10.2 Å². The predicted octanol–water partition coefficient (Wildman–Crippen LogP) is 1.52. The van der Waals surface area contributed by atoms with E-state index in [0.717, 1.165) is 0 Å². The van der Waals surface area contributed by atoms with Crippen molar-refractivity contribution in [1.82, 2.24) is 0 Å². The third-order valence-electron chi connectivity index (χ3n) is 2.06. The van der Waals surface area contributed by atoms with Crippen molar-refractivity contribution in [2.45, 2.75) is 13.8 Å². The molecule has 0 bridgehead atoms. The molecule has 0 aliphatic rings. The molecule has 0 aliphatic carbocycles. The second-order valence-electron chi connectivity index (χ2n) is 3.06. The Morgan fingerprint density at radius 3 is 2.13 bits per heavy atom. The van der Waals surface area contributed by atoms with Gasteiger partial charge >= 0.3 is 5.97 Å². The van der Waals surface area contributed by atoms with Crippen LogP contribution in [0.3, 0.4) is 0 Å². The minimum atomic E-state index is -0.892. The molecule has 0 heterocycles. The van der Waals surface area contributed by atoms with Gasteiger partial charge < -0.3 is 4.74 Å². The molecule has 0 N–H and O–H groups in total. The van der Waals surface area contributed by atoms with Crippen LogP contribution in [0.15, 0.2) is 10.2 Å². The molecule has 2 atom stereocenters. The summed E-state index contributed by atoms with van der Waals surface area (Å²) >= 11 is 1.89. The summed E-state index contributed by atoms with van der Waals surface area (Å²) in [5.41, 5.74) is 0. The van der Waals surface area contributed by atoms with Gasteiger partial charge in [0.05, 0.1) is 13.0 Å². The molecule has 0 saturated heterocycles. The number of carbonyl (C=O) groups is 3. The van der Waals surface area contributed by atoms with Gasteiger partial charge in [0.2, 0.25) is 0 Å². The quantitative estimate of drug-likeness (QED) is 0.333. The fourth-order valence-electron chi connectivity index (χ4n) is 1.01. The standard InChI is InChI=1S/C10H13IO4/c1-6(8(12)4-5-11)9(13)7(2)10(14)15-3/h4-7H,1-3H3/b5-4-. The van der Waals surface area contributed by atoms with E-state index in [1.54, 1.807) is 0 Å². The van der Waals surface area contributed by atoms with Crippen molar-refractivity contribution in [1.29, 1.82) is 0 Å². The third kappa shape index (κ3) is 4.11. The zero-order valence-electron chi connectivity index (χ0n) is 8.82. The van der Waals surface area contributed by atoms with Gasteiger partial charge in [0.25, 0.3) is 0 Å². The molecule has 0 radical (unpaired) electrons. The Labute approximate surface area is 102 Å². The van der Waals surface area contributed by atoms with Crippen LogP contribution < -0.4 is 0 Å². The molecule has 84 valence electrons. The Morgan fingerprint density at radius 1 is 1.20 bits per heavy atom. The summed E-state index contributed by atoms with van der Waals surface area (Å²) in [5.74, 6) is -3.02. The first-order valence-electron chi connectivity index (χ1n) is 4.37. The monoisotopic (exact) mass is 324 g/mol. The molecule has 15 heavy (non-hydrogen) atoms. The van der Waals surface area contributed by atoms with E-state index in [-0.39, 0.29) is 5.78 Å². The molecule has 0 rings (SSSR count). The molecule has 0 spiro atoms. The molecule has 4 nitrogen and oxygen atoms in total. The number of halogens is 1. The minimum Gasteiger partial charge on any atom is -0.468 e. The summed E-state index contributed by atoms with van der Waals surface area (Å²) < 4.78 is 5.97. The van der Waals surface area contributed by atoms with Gasteiger partial charge in [-0.3, -0.25) is 14.4 Å². The van der Waals surface area contributed by atoms with E-state index in [9.17, 15) is 14.4 Å². The van der Waals surface area contributed by atoms with E-state index in [4.69, 9.17) is 0 Å². The predicted molar refractivity (Wildman–Crippen MR) is 63.5 cm³/mol. The zero-order chi connectivity index (χ0) is 12.0. The fourth-order valence-corrected chi connectivity index (χ4v) is 1.37. The van der Waals surface area contributed by atoms with Crippen molar-refractivity contribution in [3.63, 3.8) is 0 Å². The molecule has 0 aromatic rings. The Balaban J connectivity index is 4.57. The Hall–Kier alpha value is -0.720. The molecular formula is C10H13IO4. The summed E-state index contributed by atoms with van der Waals surface area (Å²) in [7, 11) is 1.21. The summed E-state index contributed by atoms with van der Waals surface area (Å²) in [4.78, 5) is 34.0. The lowest BCUT2D eigenvalue weighted by molar-refractivity contribution is -0.149. The van der Waals surface area contributed by atoms with Gasteiger partial charge in [0.1, 0.15) is 5.92 Å². The average Bonchev–Trinajstić information content (AvgIpc) is 2.25. The van der Waals surface area contributed by atoms with Crippen LogP contribution in [-0.4, -0.2) is 24.6 Å². The van der Waals surface area contributed by atoms with E-state index in [2.05, 4.69) is 4.74 Å².